The Morgan fingerprint density at radius 1 is 1.22 bits per heavy atom. The summed E-state index contributed by atoms with van der Waals surface area (Å²) < 4.78 is 0. The van der Waals surface area contributed by atoms with Crippen LogP contribution in [0.25, 0.3) is 0 Å². The van der Waals surface area contributed by atoms with E-state index in [4.69, 9.17) is 0 Å². The molecule has 1 aliphatic rings. The Hall–Kier alpha value is 0.390. The highest BCUT2D eigenvalue weighted by Crippen LogP contribution is 2.57. The third-order valence-electron chi connectivity index (χ3n) is 2.24. The monoisotopic (exact) mass is 147 g/mol. The molecule has 1 fully saturated rings. The summed E-state index contributed by atoms with van der Waals surface area (Å²) in [5.41, 5.74) is 0. The summed E-state index contributed by atoms with van der Waals surface area (Å²) >= 11 is 0. The maximum atomic E-state index is 9.79. The predicted molar refractivity (Wildman–Crippen MR) is 43.3 cm³/mol. The Bertz CT molecular complexity index is 86.9. The van der Waals surface area contributed by atoms with Crippen molar-refractivity contribution in [2.45, 2.75) is 26.2 Å². The molecule has 0 aliphatic carbocycles. The van der Waals surface area contributed by atoms with Crippen LogP contribution in [0.2, 0.25) is 0 Å². The molecule has 0 aromatic heterocycles. The zero-order valence-electron chi connectivity index (χ0n) is 6.14. The van der Waals surface area contributed by atoms with E-state index >= 15 is 0 Å². The Kier molecular flexibility index (Phi) is 2.49. The molecule has 1 rings (SSSR count). The molecular formula is C7H16OP+. The molecule has 0 spiro atoms. The third-order valence-corrected chi connectivity index (χ3v) is 5.71. The highest BCUT2D eigenvalue weighted by molar-refractivity contribution is 7.70. The van der Waals surface area contributed by atoms with E-state index in [2.05, 4.69) is 6.92 Å². The van der Waals surface area contributed by atoms with Crippen molar-refractivity contribution in [2.24, 2.45) is 0 Å². The molecule has 9 heavy (non-hydrogen) atoms. The lowest BCUT2D eigenvalue weighted by Crippen LogP contribution is -2.10. The van der Waals surface area contributed by atoms with Crippen LogP contribution < -0.4 is 0 Å². The Labute approximate surface area is 57.9 Å². The van der Waals surface area contributed by atoms with Crippen LogP contribution in [0.1, 0.15) is 26.2 Å². The molecule has 0 saturated carbocycles. The average molecular weight is 147 g/mol. The average Bonchev–Trinajstić information content (AvgIpc) is 1.90. The molecule has 54 valence electrons. The molecule has 0 aromatic carbocycles. The van der Waals surface area contributed by atoms with E-state index < -0.39 is 7.49 Å². The maximum Gasteiger partial charge on any atom is 0.141 e. The Morgan fingerprint density at radius 2 is 1.78 bits per heavy atom. The molecule has 1 heterocycles. The highest BCUT2D eigenvalue weighted by atomic mass is 31.2. The minimum Gasteiger partial charge on any atom is -0.252 e. The summed E-state index contributed by atoms with van der Waals surface area (Å²) in [6.45, 7) is 2.12. The van der Waals surface area contributed by atoms with Crippen molar-refractivity contribution in [3.05, 3.63) is 0 Å². The summed E-state index contributed by atoms with van der Waals surface area (Å²) in [4.78, 5) is 9.79. The van der Waals surface area contributed by atoms with Crippen LogP contribution in [0.15, 0.2) is 0 Å². The van der Waals surface area contributed by atoms with Crippen molar-refractivity contribution in [2.75, 3.05) is 18.5 Å². The zero-order valence-corrected chi connectivity index (χ0v) is 7.03. The molecule has 0 atom stereocenters. The standard InChI is InChI=1S/C7H16OP/c1-2-9(8)6-4-3-5-7-9/h8H,2-7H2,1H3/q+1. The first-order valence-corrected chi connectivity index (χ1v) is 6.15. The van der Waals surface area contributed by atoms with E-state index in [9.17, 15) is 4.89 Å². The fourth-order valence-electron chi connectivity index (χ4n) is 1.42. The molecule has 0 radical (unpaired) electrons. The number of rotatable bonds is 1. The topological polar surface area (TPSA) is 20.2 Å². The molecular weight excluding hydrogens is 131 g/mol. The number of hydrogen-bond donors (Lipinski definition) is 1. The summed E-state index contributed by atoms with van der Waals surface area (Å²) in [6.07, 6.45) is 7.23. The van der Waals surface area contributed by atoms with Crippen LogP contribution in [0.4, 0.5) is 0 Å². The molecule has 1 aliphatic heterocycles. The van der Waals surface area contributed by atoms with Gasteiger partial charge in [-0.2, -0.15) is 0 Å². The largest absolute Gasteiger partial charge is 0.252 e. The van der Waals surface area contributed by atoms with E-state index in [0.29, 0.717) is 0 Å². The smallest absolute Gasteiger partial charge is 0.141 e. The van der Waals surface area contributed by atoms with Crippen molar-refractivity contribution >= 4 is 7.49 Å². The first kappa shape index (κ1) is 7.50. The van der Waals surface area contributed by atoms with Crippen LogP contribution >= 0.6 is 7.49 Å². The Morgan fingerprint density at radius 3 is 2.11 bits per heavy atom. The van der Waals surface area contributed by atoms with Crippen molar-refractivity contribution in [1.29, 1.82) is 0 Å². The van der Waals surface area contributed by atoms with Gasteiger partial charge >= 0.3 is 0 Å². The van der Waals surface area contributed by atoms with Crippen molar-refractivity contribution in [1.82, 2.24) is 0 Å². The first-order valence-electron chi connectivity index (χ1n) is 3.86. The van der Waals surface area contributed by atoms with Gasteiger partial charge in [-0.3, -0.25) is 4.89 Å². The van der Waals surface area contributed by atoms with Crippen LogP contribution in [-0.4, -0.2) is 23.4 Å². The van der Waals surface area contributed by atoms with Crippen LogP contribution in [-0.2, 0) is 0 Å². The predicted octanol–water partition coefficient (Wildman–Crippen LogP) is 2.12. The van der Waals surface area contributed by atoms with Gasteiger partial charge in [-0.25, -0.2) is 0 Å². The quantitative estimate of drug-likeness (QED) is 0.563. The van der Waals surface area contributed by atoms with Gasteiger partial charge in [0.1, 0.15) is 7.49 Å². The van der Waals surface area contributed by atoms with Gasteiger partial charge < -0.3 is 0 Å². The van der Waals surface area contributed by atoms with E-state index in [1.165, 1.54) is 19.3 Å². The molecule has 1 saturated heterocycles. The van der Waals surface area contributed by atoms with E-state index in [1.54, 1.807) is 0 Å². The molecule has 2 heteroatoms. The molecule has 1 nitrogen and oxygen atoms in total. The maximum absolute atomic E-state index is 9.79. The second-order valence-corrected chi connectivity index (χ2v) is 6.64. The van der Waals surface area contributed by atoms with Gasteiger partial charge in [0.15, 0.2) is 0 Å². The van der Waals surface area contributed by atoms with Gasteiger partial charge in [0.25, 0.3) is 0 Å². The highest BCUT2D eigenvalue weighted by Gasteiger charge is 2.34. The molecule has 0 bridgehead atoms. The zero-order chi connectivity index (χ0) is 6.74. The van der Waals surface area contributed by atoms with Crippen molar-refractivity contribution < 1.29 is 4.89 Å². The lowest BCUT2D eigenvalue weighted by Gasteiger charge is -2.22. The Balaban J connectivity index is 2.37. The summed E-state index contributed by atoms with van der Waals surface area (Å²) in [5, 5.41) is 0. The van der Waals surface area contributed by atoms with Gasteiger partial charge in [-0.1, -0.05) is 0 Å². The minimum absolute atomic E-state index is 1.05. The van der Waals surface area contributed by atoms with Gasteiger partial charge in [0, 0.05) is 0 Å². The number of hydrogen-bond acceptors (Lipinski definition) is 1. The van der Waals surface area contributed by atoms with Crippen molar-refractivity contribution in [3.63, 3.8) is 0 Å². The fraction of sp³-hybridized carbons (Fsp3) is 1.00. The van der Waals surface area contributed by atoms with Gasteiger partial charge in [0.05, 0.1) is 18.5 Å². The summed E-state index contributed by atoms with van der Waals surface area (Å²) in [5.74, 6) is 0. The van der Waals surface area contributed by atoms with Crippen LogP contribution in [0.5, 0.6) is 0 Å². The summed E-state index contributed by atoms with van der Waals surface area (Å²) in [6, 6.07) is 0. The molecule has 0 unspecified atom stereocenters. The lowest BCUT2D eigenvalue weighted by atomic mass is 10.3. The lowest BCUT2D eigenvalue weighted by molar-refractivity contribution is 0.568. The SMILES string of the molecule is CC[P+]1(O)CCCCC1. The minimum atomic E-state index is -1.34. The normalized spacial score (nSPS) is 26.0. The van der Waals surface area contributed by atoms with Gasteiger partial charge in [-0.15, -0.1) is 0 Å². The molecule has 0 amide bonds. The first-order chi connectivity index (χ1) is 4.27. The molecule has 1 N–H and O–H groups in total. The third kappa shape index (κ3) is 1.91. The van der Waals surface area contributed by atoms with Crippen molar-refractivity contribution in [3.8, 4) is 0 Å². The van der Waals surface area contributed by atoms with E-state index in [-0.39, 0.29) is 0 Å². The fourth-order valence-corrected chi connectivity index (χ4v) is 3.90. The van der Waals surface area contributed by atoms with E-state index in [0.717, 1.165) is 18.5 Å². The second-order valence-electron chi connectivity index (χ2n) is 2.92. The second kappa shape index (κ2) is 2.98. The molecule has 0 aromatic rings. The van der Waals surface area contributed by atoms with Crippen LogP contribution in [0.3, 0.4) is 0 Å². The van der Waals surface area contributed by atoms with Crippen LogP contribution in [0, 0.1) is 0 Å². The van der Waals surface area contributed by atoms with Gasteiger partial charge in [-0.05, 0) is 26.2 Å². The van der Waals surface area contributed by atoms with Gasteiger partial charge in [0.2, 0.25) is 0 Å². The summed E-state index contributed by atoms with van der Waals surface area (Å²) in [7, 11) is -1.34. The van der Waals surface area contributed by atoms with E-state index in [1.807, 2.05) is 0 Å².